The topological polar surface area (TPSA) is 44.8 Å². The number of rotatable bonds is 0. The second-order valence-electron chi connectivity index (χ2n) is 5.29. The van der Waals surface area contributed by atoms with E-state index in [2.05, 4.69) is 13.1 Å². The third kappa shape index (κ3) is 4.71. The average Bonchev–Trinajstić information content (AvgIpc) is 2.15. The SMILES string of the molecule is C[Si]1(C)CCCCO[SiH2]O[Si](C)(C)[Si](=O)O1. The van der Waals surface area contributed by atoms with E-state index in [1.807, 2.05) is 13.1 Å². The van der Waals surface area contributed by atoms with Crippen LogP contribution in [-0.4, -0.2) is 41.2 Å². The van der Waals surface area contributed by atoms with Crippen LogP contribution >= 0.6 is 0 Å². The molecule has 0 aliphatic carbocycles. The molecular formula is C8H22O4Si4. The molecule has 0 aromatic carbocycles. The lowest BCUT2D eigenvalue weighted by Gasteiger charge is -2.27. The van der Waals surface area contributed by atoms with Crippen LogP contribution in [0, 0.1) is 0 Å². The lowest BCUT2D eigenvalue weighted by atomic mass is 10.4. The molecule has 0 unspecified atom stereocenters. The molecule has 4 nitrogen and oxygen atoms in total. The summed E-state index contributed by atoms with van der Waals surface area (Å²) in [6, 6.07) is 1.07. The van der Waals surface area contributed by atoms with Crippen LogP contribution in [0.25, 0.3) is 0 Å². The molecule has 0 bridgehead atoms. The summed E-state index contributed by atoms with van der Waals surface area (Å²) < 4.78 is 29.3. The van der Waals surface area contributed by atoms with Crippen molar-refractivity contribution in [2.45, 2.75) is 45.1 Å². The first-order valence-electron chi connectivity index (χ1n) is 5.79. The zero-order valence-corrected chi connectivity index (χ0v) is 15.1. The van der Waals surface area contributed by atoms with Crippen LogP contribution in [0.5, 0.6) is 0 Å². The standard InChI is InChI=1S/C8H22O4Si4/c1-15(2)8-6-5-7-10-13-11-16(3,4)14(9)12-15/h5-8,13H2,1-4H3. The molecule has 1 heterocycles. The first kappa shape index (κ1) is 14.4. The third-order valence-corrected chi connectivity index (χ3v) is 17.2. The van der Waals surface area contributed by atoms with Gasteiger partial charge in [-0.1, -0.05) is 6.42 Å². The van der Waals surface area contributed by atoms with Crippen molar-refractivity contribution < 1.29 is 17.1 Å². The van der Waals surface area contributed by atoms with Gasteiger partial charge in [-0.05, 0) is 38.7 Å². The molecule has 1 rings (SSSR count). The summed E-state index contributed by atoms with van der Waals surface area (Å²) in [6.07, 6.45) is 2.18. The highest BCUT2D eigenvalue weighted by Crippen LogP contribution is 2.18. The first-order valence-corrected chi connectivity index (χ1v) is 15.3. The Kier molecular flexibility index (Phi) is 5.26. The van der Waals surface area contributed by atoms with E-state index in [9.17, 15) is 4.46 Å². The predicted molar refractivity (Wildman–Crippen MR) is 72.1 cm³/mol. The zero-order chi connectivity index (χ0) is 12.2. The quantitative estimate of drug-likeness (QED) is 0.631. The van der Waals surface area contributed by atoms with Gasteiger partial charge in [0.25, 0.3) is 17.8 Å². The molecule has 1 saturated heterocycles. The van der Waals surface area contributed by atoms with Gasteiger partial charge >= 0.3 is 8.44 Å². The summed E-state index contributed by atoms with van der Waals surface area (Å²) in [6.45, 7) is 9.05. The molecular weight excluding hydrogens is 272 g/mol. The molecule has 0 spiro atoms. The van der Waals surface area contributed by atoms with E-state index in [4.69, 9.17) is 12.7 Å². The van der Waals surface area contributed by atoms with Gasteiger partial charge < -0.3 is 17.1 Å². The van der Waals surface area contributed by atoms with Crippen LogP contribution in [0.2, 0.25) is 32.2 Å². The minimum absolute atomic E-state index is 0.794. The Labute approximate surface area is 104 Å². The molecule has 0 aromatic heterocycles. The van der Waals surface area contributed by atoms with E-state index in [1.165, 1.54) is 0 Å². The maximum atomic E-state index is 12.2. The molecule has 94 valence electrons. The van der Waals surface area contributed by atoms with E-state index in [0.717, 1.165) is 25.5 Å². The molecule has 1 fully saturated rings. The minimum Gasteiger partial charge on any atom is -0.580 e. The van der Waals surface area contributed by atoms with Crippen LogP contribution in [0.1, 0.15) is 12.8 Å². The molecule has 0 aromatic rings. The van der Waals surface area contributed by atoms with Gasteiger partial charge in [-0.3, -0.25) is 0 Å². The maximum absolute atomic E-state index is 12.2. The van der Waals surface area contributed by atoms with Gasteiger partial charge in [0, 0.05) is 6.61 Å². The van der Waals surface area contributed by atoms with Gasteiger partial charge in [0.15, 0.2) is 0 Å². The largest absolute Gasteiger partial charge is 0.580 e. The van der Waals surface area contributed by atoms with Crippen LogP contribution in [-0.2, 0) is 17.1 Å². The fourth-order valence-electron chi connectivity index (χ4n) is 1.49. The van der Waals surface area contributed by atoms with Crippen molar-refractivity contribution in [1.29, 1.82) is 0 Å². The highest BCUT2D eigenvalue weighted by atomic mass is 29.2. The molecule has 0 amide bonds. The monoisotopic (exact) mass is 294 g/mol. The Morgan fingerprint density at radius 2 is 1.88 bits per heavy atom. The van der Waals surface area contributed by atoms with Crippen LogP contribution < -0.4 is 0 Å². The van der Waals surface area contributed by atoms with E-state index in [0.29, 0.717) is 0 Å². The molecule has 8 heteroatoms. The Hall–Kier alpha value is 0.388. The molecule has 16 heavy (non-hydrogen) atoms. The molecule has 0 atom stereocenters. The molecule has 0 N–H and O–H groups in total. The summed E-state index contributed by atoms with van der Waals surface area (Å²) in [5.74, 6) is 0. The highest BCUT2D eigenvalue weighted by Gasteiger charge is 2.41. The minimum atomic E-state index is -2.15. The zero-order valence-electron chi connectivity index (χ0n) is 10.7. The highest BCUT2D eigenvalue weighted by molar-refractivity contribution is 7.23. The second-order valence-corrected chi connectivity index (χ2v) is 20.4. The van der Waals surface area contributed by atoms with Gasteiger partial charge in [0.2, 0.25) is 8.32 Å². The lowest BCUT2D eigenvalue weighted by molar-refractivity contribution is 0.282. The van der Waals surface area contributed by atoms with Crippen LogP contribution in [0.4, 0.5) is 0 Å². The predicted octanol–water partition coefficient (Wildman–Crippen LogP) is 1.24. The Bertz CT molecular complexity index is 256. The number of hydrogen-bond acceptors (Lipinski definition) is 4. The van der Waals surface area contributed by atoms with Gasteiger partial charge in [-0.15, -0.1) is 0 Å². The molecule has 0 radical (unpaired) electrons. The van der Waals surface area contributed by atoms with E-state index < -0.39 is 34.6 Å². The normalized spacial score (nSPS) is 28.1. The summed E-state index contributed by atoms with van der Waals surface area (Å²) >= 11 is 0. The number of hydrogen-bond donors (Lipinski definition) is 0. The van der Waals surface area contributed by atoms with Crippen LogP contribution in [0.15, 0.2) is 0 Å². The Morgan fingerprint density at radius 3 is 2.56 bits per heavy atom. The fraction of sp³-hybridized carbons (Fsp3) is 1.00. The van der Waals surface area contributed by atoms with Crippen molar-refractivity contribution in [3.8, 4) is 0 Å². The Balaban J connectivity index is 2.70. The maximum Gasteiger partial charge on any atom is 0.488 e. The van der Waals surface area contributed by atoms with Crippen molar-refractivity contribution in [3.63, 3.8) is 0 Å². The van der Waals surface area contributed by atoms with Gasteiger partial charge in [-0.2, -0.15) is 0 Å². The summed E-state index contributed by atoms with van der Waals surface area (Å²) in [5, 5.41) is 0. The van der Waals surface area contributed by atoms with Crippen LogP contribution in [0.3, 0.4) is 0 Å². The molecule has 1 aliphatic rings. The van der Waals surface area contributed by atoms with Crippen molar-refractivity contribution in [1.82, 2.24) is 0 Å². The second kappa shape index (κ2) is 5.82. The molecule has 0 saturated carbocycles. The van der Waals surface area contributed by atoms with E-state index in [1.54, 1.807) is 0 Å². The van der Waals surface area contributed by atoms with Gasteiger partial charge in [0.1, 0.15) is 0 Å². The smallest absolute Gasteiger partial charge is 0.488 e. The summed E-state index contributed by atoms with van der Waals surface area (Å²) in [7, 11) is -6.86. The average molecular weight is 295 g/mol. The third-order valence-electron chi connectivity index (χ3n) is 2.68. The van der Waals surface area contributed by atoms with Gasteiger partial charge in [0.05, 0.1) is 0 Å². The molecule has 1 aliphatic heterocycles. The lowest BCUT2D eigenvalue weighted by Crippen LogP contribution is -2.50. The first-order chi connectivity index (χ1) is 7.33. The fourth-order valence-corrected chi connectivity index (χ4v) is 14.6. The van der Waals surface area contributed by atoms with E-state index >= 15 is 0 Å². The van der Waals surface area contributed by atoms with Crippen molar-refractivity contribution in [2.24, 2.45) is 0 Å². The Morgan fingerprint density at radius 1 is 1.19 bits per heavy atom. The van der Waals surface area contributed by atoms with Crippen molar-refractivity contribution >= 4 is 34.6 Å². The van der Waals surface area contributed by atoms with Crippen molar-refractivity contribution in [3.05, 3.63) is 0 Å². The van der Waals surface area contributed by atoms with E-state index in [-0.39, 0.29) is 0 Å². The summed E-state index contributed by atoms with van der Waals surface area (Å²) in [5.41, 5.74) is 0. The van der Waals surface area contributed by atoms with Crippen molar-refractivity contribution in [2.75, 3.05) is 6.61 Å². The van der Waals surface area contributed by atoms with Gasteiger partial charge in [-0.25, -0.2) is 0 Å². The summed E-state index contributed by atoms with van der Waals surface area (Å²) in [4.78, 5) is 0.